The number of fused-ring (bicyclic) bond motifs is 1. The monoisotopic (exact) mass is 151 g/mol. The number of hydrogen-bond acceptors (Lipinski definition) is 3. The van der Waals surface area contributed by atoms with Crippen molar-refractivity contribution in [2.75, 3.05) is 5.43 Å². The first kappa shape index (κ1) is 6.09. The van der Waals surface area contributed by atoms with Gasteiger partial charge < -0.3 is 0 Å². The third-order valence-corrected chi connectivity index (χ3v) is 1.47. The first-order chi connectivity index (χ1) is 5.27. The molecule has 0 saturated heterocycles. The second kappa shape index (κ2) is 1.91. The van der Waals surface area contributed by atoms with Crippen molar-refractivity contribution in [3.05, 3.63) is 28.4 Å². The molecule has 11 heavy (non-hydrogen) atoms. The Labute approximate surface area is 61.6 Å². The number of hydrogen-bond donors (Lipinski definition) is 1. The summed E-state index contributed by atoms with van der Waals surface area (Å²) in [5, 5.41) is 0. The molecular formula is C6H5N3O2. The van der Waals surface area contributed by atoms with Gasteiger partial charge in [-0.3, -0.25) is 15.0 Å². The third-order valence-electron chi connectivity index (χ3n) is 1.47. The molecule has 0 aromatic carbocycles. The Hall–Kier alpha value is -1.65. The van der Waals surface area contributed by atoms with Crippen molar-refractivity contribution in [3.63, 3.8) is 0 Å². The number of nitrogens with zero attached hydrogens (tertiary/aromatic N) is 2. The summed E-state index contributed by atoms with van der Waals surface area (Å²) in [6.45, 7) is 0. The van der Waals surface area contributed by atoms with Crippen LogP contribution in [0.25, 0.3) is 0 Å². The normalized spacial score (nSPS) is 14.4. The first-order valence-electron chi connectivity index (χ1n) is 3.14. The zero-order valence-corrected chi connectivity index (χ0v) is 5.57. The highest BCUT2D eigenvalue weighted by molar-refractivity contribution is 5.87. The van der Waals surface area contributed by atoms with Gasteiger partial charge in [-0.05, 0) is 0 Å². The summed E-state index contributed by atoms with van der Waals surface area (Å²) in [5.41, 5.74) is 2.12. The van der Waals surface area contributed by atoms with Crippen LogP contribution in [0, 0.1) is 0 Å². The van der Waals surface area contributed by atoms with Crippen LogP contribution < -0.4 is 11.0 Å². The lowest BCUT2D eigenvalue weighted by Crippen LogP contribution is -2.27. The Bertz CT molecular complexity index is 368. The zero-order valence-electron chi connectivity index (χ0n) is 5.57. The van der Waals surface area contributed by atoms with Crippen LogP contribution in [0.5, 0.6) is 0 Å². The molecule has 1 aliphatic rings. The quantitative estimate of drug-likeness (QED) is 0.510. The number of amides is 1. The molecule has 1 aliphatic heterocycles. The molecule has 5 nitrogen and oxygen atoms in total. The van der Waals surface area contributed by atoms with E-state index >= 15 is 0 Å². The van der Waals surface area contributed by atoms with E-state index in [0.29, 0.717) is 5.82 Å². The molecule has 0 bridgehead atoms. The maximum atomic E-state index is 11.0. The molecular weight excluding hydrogens is 146 g/mol. The molecule has 2 heterocycles. The van der Waals surface area contributed by atoms with Gasteiger partial charge in [-0.25, -0.2) is 9.66 Å². The van der Waals surface area contributed by atoms with Crippen molar-refractivity contribution < 1.29 is 4.79 Å². The average Bonchev–Trinajstić information content (AvgIpc) is 2.31. The van der Waals surface area contributed by atoms with Crippen molar-refractivity contribution in [2.45, 2.75) is 6.42 Å². The van der Waals surface area contributed by atoms with E-state index in [1.54, 1.807) is 0 Å². The molecule has 2 rings (SSSR count). The summed E-state index contributed by atoms with van der Waals surface area (Å²) in [7, 11) is 0. The summed E-state index contributed by atoms with van der Waals surface area (Å²) in [5.74, 6) is 0.281. The Morgan fingerprint density at radius 2 is 2.36 bits per heavy atom. The molecule has 1 aromatic rings. The highest BCUT2D eigenvalue weighted by atomic mass is 16.2. The van der Waals surface area contributed by atoms with Crippen LogP contribution in [0.15, 0.2) is 17.1 Å². The van der Waals surface area contributed by atoms with E-state index in [1.165, 1.54) is 12.3 Å². The summed E-state index contributed by atoms with van der Waals surface area (Å²) in [6, 6.07) is 1.30. The van der Waals surface area contributed by atoms with Crippen molar-refractivity contribution in [2.24, 2.45) is 0 Å². The Balaban J connectivity index is 2.66. The lowest BCUT2D eigenvalue weighted by molar-refractivity contribution is -0.115. The minimum atomic E-state index is -0.249. The van der Waals surface area contributed by atoms with E-state index in [-0.39, 0.29) is 17.9 Å². The van der Waals surface area contributed by atoms with Crippen LogP contribution in [0.2, 0.25) is 0 Å². The second-order valence-corrected chi connectivity index (χ2v) is 2.25. The molecule has 1 amide bonds. The van der Waals surface area contributed by atoms with Gasteiger partial charge in [0.05, 0.1) is 6.42 Å². The maximum Gasteiger partial charge on any atom is 0.272 e. The standard InChI is InChI=1S/C6H5N3O2/c10-5-3-4-7-2-1-6(11)9(4)8-5/h1-2H,3H2,(H,8,10). The van der Waals surface area contributed by atoms with E-state index in [9.17, 15) is 9.59 Å². The van der Waals surface area contributed by atoms with Crippen molar-refractivity contribution in [3.8, 4) is 0 Å². The van der Waals surface area contributed by atoms with Crippen molar-refractivity contribution >= 4 is 5.91 Å². The van der Waals surface area contributed by atoms with Crippen LogP contribution >= 0.6 is 0 Å². The van der Waals surface area contributed by atoms with Gasteiger partial charge in [-0.2, -0.15) is 0 Å². The Morgan fingerprint density at radius 3 is 3.09 bits per heavy atom. The summed E-state index contributed by atoms with van der Waals surface area (Å²) in [4.78, 5) is 25.6. The van der Waals surface area contributed by atoms with Crippen LogP contribution in [0.1, 0.15) is 5.82 Å². The van der Waals surface area contributed by atoms with Gasteiger partial charge in [0.25, 0.3) is 5.56 Å². The number of aromatic nitrogens is 2. The topological polar surface area (TPSA) is 64.0 Å². The lowest BCUT2D eigenvalue weighted by atomic mass is 10.4. The molecule has 5 heteroatoms. The van der Waals surface area contributed by atoms with Gasteiger partial charge in [0.1, 0.15) is 5.82 Å². The SMILES string of the molecule is O=C1Cc2nccc(=O)n2N1. The van der Waals surface area contributed by atoms with Gasteiger partial charge in [0.2, 0.25) is 5.91 Å². The van der Waals surface area contributed by atoms with Gasteiger partial charge in [-0.1, -0.05) is 0 Å². The van der Waals surface area contributed by atoms with E-state index in [1.807, 2.05) is 0 Å². The number of carbonyl (C=O) groups is 1. The van der Waals surface area contributed by atoms with Crippen LogP contribution in [-0.4, -0.2) is 15.6 Å². The van der Waals surface area contributed by atoms with Crippen LogP contribution in [0.4, 0.5) is 0 Å². The average molecular weight is 151 g/mol. The zero-order chi connectivity index (χ0) is 7.84. The number of carbonyl (C=O) groups excluding carboxylic acids is 1. The molecule has 0 atom stereocenters. The predicted octanol–water partition coefficient (Wildman–Crippen LogP) is -1.13. The van der Waals surface area contributed by atoms with E-state index in [2.05, 4.69) is 10.4 Å². The molecule has 1 N–H and O–H groups in total. The summed E-state index contributed by atoms with van der Waals surface area (Å²) in [6.07, 6.45) is 1.59. The second-order valence-electron chi connectivity index (χ2n) is 2.25. The molecule has 0 saturated carbocycles. The van der Waals surface area contributed by atoms with Crippen molar-refractivity contribution in [1.29, 1.82) is 0 Å². The molecule has 56 valence electrons. The first-order valence-corrected chi connectivity index (χ1v) is 3.14. The summed E-state index contributed by atoms with van der Waals surface area (Å²) < 4.78 is 1.16. The van der Waals surface area contributed by atoms with Crippen LogP contribution in [-0.2, 0) is 11.2 Å². The predicted molar refractivity (Wildman–Crippen MR) is 36.6 cm³/mol. The minimum Gasteiger partial charge on any atom is -0.273 e. The number of rotatable bonds is 0. The Morgan fingerprint density at radius 1 is 1.55 bits per heavy atom. The van der Waals surface area contributed by atoms with E-state index in [0.717, 1.165) is 4.68 Å². The maximum absolute atomic E-state index is 11.0. The van der Waals surface area contributed by atoms with E-state index < -0.39 is 0 Å². The molecule has 1 aromatic heterocycles. The van der Waals surface area contributed by atoms with Gasteiger partial charge in [0, 0.05) is 12.3 Å². The molecule has 0 unspecified atom stereocenters. The molecule has 0 spiro atoms. The molecule has 0 fully saturated rings. The van der Waals surface area contributed by atoms with Gasteiger partial charge in [0.15, 0.2) is 0 Å². The Kier molecular flexibility index (Phi) is 1.06. The van der Waals surface area contributed by atoms with Crippen LogP contribution in [0.3, 0.4) is 0 Å². The highest BCUT2D eigenvalue weighted by Gasteiger charge is 2.18. The fourth-order valence-corrected chi connectivity index (χ4v) is 0.999. The fourth-order valence-electron chi connectivity index (χ4n) is 0.999. The lowest BCUT2D eigenvalue weighted by Gasteiger charge is -1.97. The minimum absolute atomic E-state index is 0.191. The summed E-state index contributed by atoms with van der Waals surface area (Å²) >= 11 is 0. The largest absolute Gasteiger partial charge is 0.273 e. The van der Waals surface area contributed by atoms with Gasteiger partial charge in [-0.15, -0.1) is 0 Å². The van der Waals surface area contributed by atoms with E-state index in [4.69, 9.17) is 0 Å². The fraction of sp³-hybridized carbons (Fsp3) is 0.167. The van der Waals surface area contributed by atoms with Crippen molar-refractivity contribution in [1.82, 2.24) is 9.66 Å². The smallest absolute Gasteiger partial charge is 0.272 e. The molecule has 0 aliphatic carbocycles. The van der Waals surface area contributed by atoms with Gasteiger partial charge >= 0.3 is 0 Å². The molecule has 0 radical (unpaired) electrons. The third kappa shape index (κ3) is 0.813. The highest BCUT2D eigenvalue weighted by Crippen LogP contribution is 1.98. The number of nitrogens with one attached hydrogen (secondary N) is 1.